The van der Waals surface area contributed by atoms with Crippen LogP contribution in [0.4, 0.5) is 5.82 Å². The Morgan fingerprint density at radius 1 is 1.02 bits per heavy atom. The predicted molar refractivity (Wildman–Crippen MR) is 180 cm³/mol. The van der Waals surface area contributed by atoms with Crippen molar-refractivity contribution in [3.05, 3.63) is 65.9 Å². The quantitative estimate of drug-likeness (QED) is 0.170. The minimum Gasteiger partial charge on any atom is -0.468 e. The zero-order chi connectivity index (χ0) is 32.2. The number of amides is 1. The van der Waals surface area contributed by atoms with E-state index in [0.29, 0.717) is 24.7 Å². The van der Waals surface area contributed by atoms with E-state index in [1.165, 1.54) is 0 Å². The number of carbonyl (C=O) groups excluding carboxylic acids is 1. The highest BCUT2D eigenvalue weighted by atomic mass is 16.3. The van der Waals surface area contributed by atoms with Gasteiger partial charge >= 0.3 is 0 Å². The number of nitrogens with one attached hydrogen (secondary N) is 2. The average Bonchev–Trinajstić information content (AvgIpc) is 3.66. The van der Waals surface area contributed by atoms with Crippen molar-refractivity contribution in [2.24, 2.45) is 5.92 Å². The molecule has 0 atom stereocenters. The Balaban J connectivity index is 0.00000105. The molecular formula is C35H55N5O3. The van der Waals surface area contributed by atoms with Crippen molar-refractivity contribution in [2.75, 3.05) is 32.0 Å². The van der Waals surface area contributed by atoms with Crippen LogP contribution in [0.15, 0.2) is 57.8 Å². The molecule has 0 spiro atoms. The van der Waals surface area contributed by atoms with Gasteiger partial charge in [0, 0.05) is 30.2 Å². The SMILES string of the molecule is CC.CC.CC(C)C.CCCCc1cc(NCC(=O)NCCN(C)Cc2ccco2)nc(-c2coc3ccc(C)cc23)n1. The highest BCUT2D eigenvalue weighted by Gasteiger charge is 2.14. The number of aromatic nitrogens is 2. The molecule has 2 N–H and O–H groups in total. The summed E-state index contributed by atoms with van der Waals surface area (Å²) in [5, 5.41) is 7.11. The number of carbonyl (C=O) groups is 1. The lowest BCUT2D eigenvalue weighted by atomic mass is 10.1. The highest BCUT2D eigenvalue weighted by Crippen LogP contribution is 2.30. The fraction of sp³-hybridized carbons (Fsp3) is 0.514. The van der Waals surface area contributed by atoms with Gasteiger partial charge in [-0.1, -0.05) is 73.4 Å². The summed E-state index contributed by atoms with van der Waals surface area (Å²) in [5.41, 5.74) is 3.75. The normalized spacial score (nSPS) is 10.3. The number of aryl methyl sites for hydroxylation is 2. The number of hydrogen-bond acceptors (Lipinski definition) is 7. The lowest BCUT2D eigenvalue weighted by molar-refractivity contribution is -0.119. The van der Waals surface area contributed by atoms with Crippen molar-refractivity contribution in [1.29, 1.82) is 0 Å². The third kappa shape index (κ3) is 13.9. The molecule has 3 heterocycles. The molecule has 0 unspecified atom stereocenters. The van der Waals surface area contributed by atoms with Gasteiger partial charge in [-0.05, 0) is 57.0 Å². The maximum atomic E-state index is 12.4. The van der Waals surface area contributed by atoms with Crippen LogP contribution in [0.1, 0.15) is 85.2 Å². The first-order chi connectivity index (χ1) is 20.7. The fourth-order valence-corrected chi connectivity index (χ4v) is 3.88. The average molecular weight is 594 g/mol. The van der Waals surface area contributed by atoms with Gasteiger partial charge in [0.05, 0.1) is 24.9 Å². The van der Waals surface area contributed by atoms with Crippen molar-refractivity contribution in [1.82, 2.24) is 20.2 Å². The first-order valence-corrected chi connectivity index (χ1v) is 15.8. The molecule has 4 rings (SSSR count). The molecule has 8 heteroatoms. The standard InChI is InChI=1S/C27H33N5O3.C4H10.2C2H6/c1-4-5-7-20-15-25(29-16-26(33)28-11-12-32(3)17-21-8-6-13-34-21)31-27(30-20)23-18-35-24-10-9-19(2)14-22(23)24;1-4(2)3;2*1-2/h6,8-10,13-15,18H,4-5,7,11-12,16-17H2,1-3H3,(H,28,33)(H,29,30,31);4H,1-3H3;2*1-2H3. The van der Waals surface area contributed by atoms with E-state index in [0.717, 1.165) is 65.3 Å². The number of unbranched alkanes of at least 4 members (excludes halogenated alkanes) is 1. The van der Waals surface area contributed by atoms with Gasteiger partial charge in [-0.15, -0.1) is 0 Å². The summed E-state index contributed by atoms with van der Waals surface area (Å²) in [5.74, 6) is 2.88. The molecule has 0 saturated heterocycles. The number of furan rings is 2. The number of benzene rings is 1. The zero-order valence-corrected chi connectivity index (χ0v) is 28.2. The van der Waals surface area contributed by atoms with E-state index in [1.54, 1.807) is 12.5 Å². The summed E-state index contributed by atoms with van der Waals surface area (Å²) in [6, 6.07) is 11.8. The molecule has 0 aliphatic heterocycles. The van der Waals surface area contributed by atoms with E-state index in [4.69, 9.17) is 18.8 Å². The van der Waals surface area contributed by atoms with E-state index in [2.05, 4.69) is 56.2 Å². The van der Waals surface area contributed by atoms with Crippen LogP contribution >= 0.6 is 0 Å². The summed E-state index contributed by atoms with van der Waals surface area (Å²) in [4.78, 5) is 24.0. The van der Waals surface area contributed by atoms with Crippen molar-refractivity contribution in [3.8, 4) is 11.4 Å². The molecule has 0 fully saturated rings. The van der Waals surface area contributed by atoms with E-state index >= 15 is 0 Å². The Bertz CT molecular complexity index is 1300. The molecular weight excluding hydrogens is 538 g/mol. The Labute approximate surface area is 259 Å². The molecule has 43 heavy (non-hydrogen) atoms. The van der Waals surface area contributed by atoms with Crippen LogP contribution in [-0.4, -0.2) is 47.5 Å². The van der Waals surface area contributed by atoms with Gasteiger partial charge in [0.15, 0.2) is 5.82 Å². The number of fused-ring (bicyclic) bond motifs is 1. The largest absolute Gasteiger partial charge is 0.468 e. The summed E-state index contributed by atoms with van der Waals surface area (Å²) >= 11 is 0. The Morgan fingerprint density at radius 3 is 2.40 bits per heavy atom. The van der Waals surface area contributed by atoms with Crippen molar-refractivity contribution in [3.63, 3.8) is 0 Å². The lowest BCUT2D eigenvalue weighted by Crippen LogP contribution is -2.36. The van der Waals surface area contributed by atoms with Gasteiger partial charge < -0.3 is 19.5 Å². The molecule has 1 amide bonds. The highest BCUT2D eigenvalue weighted by molar-refractivity contribution is 5.92. The van der Waals surface area contributed by atoms with E-state index in [9.17, 15) is 4.79 Å². The van der Waals surface area contributed by atoms with Gasteiger partial charge in [-0.25, -0.2) is 9.97 Å². The molecule has 3 aromatic heterocycles. The zero-order valence-electron chi connectivity index (χ0n) is 28.2. The lowest BCUT2D eigenvalue weighted by Gasteiger charge is -2.15. The second kappa shape index (κ2) is 21.1. The van der Waals surface area contributed by atoms with Crippen molar-refractivity contribution >= 4 is 22.7 Å². The third-order valence-electron chi connectivity index (χ3n) is 5.79. The van der Waals surface area contributed by atoms with Crippen LogP contribution in [0.25, 0.3) is 22.4 Å². The number of anilines is 1. The topological polar surface area (TPSA) is 96.4 Å². The van der Waals surface area contributed by atoms with Gasteiger partial charge in [-0.3, -0.25) is 9.69 Å². The molecule has 0 aliphatic rings. The van der Waals surface area contributed by atoms with Crippen LogP contribution in [0.5, 0.6) is 0 Å². The Morgan fingerprint density at radius 2 is 1.74 bits per heavy atom. The molecule has 0 saturated carbocycles. The van der Waals surface area contributed by atoms with Crippen molar-refractivity contribution in [2.45, 2.75) is 88.1 Å². The van der Waals surface area contributed by atoms with Crippen molar-refractivity contribution < 1.29 is 13.6 Å². The predicted octanol–water partition coefficient (Wildman–Crippen LogP) is 8.51. The number of rotatable bonds is 12. The summed E-state index contributed by atoms with van der Waals surface area (Å²) in [6.07, 6.45) is 6.33. The molecule has 0 aliphatic carbocycles. The fourth-order valence-electron chi connectivity index (χ4n) is 3.88. The third-order valence-corrected chi connectivity index (χ3v) is 5.79. The maximum Gasteiger partial charge on any atom is 0.239 e. The number of likely N-dealkylation sites (N-methyl/N-ethyl adjacent to an activating group) is 1. The Kier molecular flexibility index (Phi) is 18.3. The van der Waals surface area contributed by atoms with E-state index in [-0.39, 0.29) is 12.5 Å². The maximum absolute atomic E-state index is 12.4. The minimum atomic E-state index is -0.0870. The number of nitrogens with zero attached hydrogens (tertiary/aromatic N) is 3. The van der Waals surface area contributed by atoms with Crippen LogP contribution in [0.3, 0.4) is 0 Å². The van der Waals surface area contributed by atoms with Crippen LogP contribution in [0.2, 0.25) is 0 Å². The summed E-state index contributed by atoms with van der Waals surface area (Å²) in [7, 11) is 1.99. The monoisotopic (exact) mass is 593 g/mol. The second-order valence-corrected chi connectivity index (χ2v) is 10.6. The van der Waals surface area contributed by atoms with E-state index in [1.807, 2.05) is 65.1 Å². The van der Waals surface area contributed by atoms with Crippen LogP contribution in [0, 0.1) is 12.8 Å². The van der Waals surface area contributed by atoms with Crippen LogP contribution in [-0.2, 0) is 17.8 Å². The molecule has 0 radical (unpaired) electrons. The second-order valence-electron chi connectivity index (χ2n) is 10.6. The molecule has 8 nitrogen and oxygen atoms in total. The summed E-state index contributed by atoms with van der Waals surface area (Å²) in [6.45, 7) is 20.8. The Hall–Kier alpha value is -3.65. The minimum absolute atomic E-state index is 0.0870. The summed E-state index contributed by atoms with van der Waals surface area (Å²) < 4.78 is 11.1. The molecule has 1 aromatic carbocycles. The van der Waals surface area contributed by atoms with Gasteiger partial charge in [0.1, 0.15) is 23.4 Å². The molecule has 238 valence electrons. The molecule has 0 bridgehead atoms. The molecule has 4 aromatic rings. The van der Waals surface area contributed by atoms with Gasteiger partial charge in [-0.2, -0.15) is 0 Å². The first-order valence-electron chi connectivity index (χ1n) is 15.8. The van der Waals surface area contributed by atoms with Gasteiger partial charge in [0.25, 0.3) is 0 Å². The van der Waals surface area contributed by atoms with Gasteiger partial charge in [0.2, 0.25) is 5.91 Å². The smallest absolute Gasteiger partial charge is 0.239 e. The van der Waals surface area contributed by atoms with Crippen LogP contribution < -0.4 is 10.6 Å². The number of hydrogen-bond donors (Lipinski definition) is 2. The van der Waals surface area contributed by atoms with E-state index < -0.39 is 0 Å². The first kappa shape index (κ1) is 37.4.